The van der Waals surface area contributed by atoms with E-state index in [2.05, 4.69) is 26.0 Å². The Morgan fingerprint density at radius 1 is 1.47 bits per heavy atom. The average Bonchev–Trinajstić information content (AvgIpc) is 2.22. The second kappa shape index (κ2) is 6.40. The molecule has 6 heteroatoms. The standard InChI is InChI=1S/C11H13BrClF2NO/c1-3-6(2)16-9-5-7(13)4-8(12)10(9)17-11(14)15/h4-6,11,16H,3H2,1-2H3. The molecular formula is C11H13BrClF2NO. The van der Waals surface area contributed by atoms with Gasteiger partial charge in [-0.25, -0.2) is 0 Å². The average molecular weight is 329 g/mol. The van der Waals surface area contributed by atoms with E-state index in [1.165, 1.54) is 6.07 Å². The molecule has 0 spiro atoms. The van der Waals surface area contributed by atoms with Crippen LogP contribution in [0.4, 0.5) is 14.5 Å². The third-order valence-corrected chi connectivity index (χ3v) is 3.04. The molecule has 1 atom stereocenters. The van der Waals surface area contributed by atoms with Crippen molar-refractivity contribution in [3.05, 3.63) is 21.6 Å². The van der Waals surface area contributed by atoms with Gasteiger partial charge in [-0.3, -0.25) is 0 Å². The maximum atomic E-state index is 12.3. The molecular weight excluding hydrogens is 315 g/mol. The molecule has 2 nitrogen and oxygen atoms in total. The van der Waals surface area contributed by atoms with Crippen molar-refractivity contribution in [2.75, 3.05) is 5.32 Å². The van der Waals surface area contributed by atoms with E-state index in [4.69, 9.17) is 11.6 Å². The fourth-order valence-corrected chi connectivity index (χ4v) is 2.15. The highest BCUT2D eigenvalue weighted by molar-refractivity contribution is 9.10. The molecule has 0 bridgehead atoms. The molecule has 1 aromatic rings. The summed E-state index contributed by atoms with van der Waals surface area (Å²) < 4.78 is 29.5. The van der Waals surface area contributed by atoms with Gasteiger partial charge < -0.3 is 10.1 Å². The third kappa shape index (κ3) is 4.32. The second-order valence-corrected chi connectivity index (χ2v) is 4.89. The molecule has 1 N–H and O–H groups in total. The van der Waals surface area contributed by atoms with Crippen LogP contribution in [0.15, 0.2) is 16.6 Å². The zero-order valence-corrected chi connectivity index (χ0v) is 11.8. The minimum atomic E-state index is -2.87. The van der Waals surface area contributed by atoms with Crippen LogP contribution in [0.3, 0.4) is 0 Å². The summed E-state index contributed by atoms with van der Waals surface area (Å²) in [4.78, 5) is 0. The number of hydrogen-bond donors (Lipinski definition) is 1. The van der Waals surface area contributed by atoms with Crippen molar-refractivity contribution in [1.29, 1.82) is 0 Å². The number of ether oxygens (including phenoxy) is 1. The van der Waals surface area contributed by atoms with Crippen LogP contribution in [-0.2, 0) is 0 Å². The van der Waals surface area contributed by atoms with Gasteiger partial charge in [-0.1, -0.05) is 18.5 Å². The summed E-state index contributed by atoms with van der Waals surface area (Å²) in [6, 6.07) is 3.22. The van der Waals surface area contributed by atoms with E-state index in [1.807, 2.05) is 13.8 Å². The molecule has 0 amide bonds. The fraction of sp³-hybridized carbons (Fsp3) is 0.455. The van der Waals surface area contributed by atoms with Gasteiger partial charge in [0.15, 0.2) is 5.75 Å². The zero-order chi connectivity index (χ0) is 13.0. The summed E-state index contributed by atoms with van der Waals surface area (Å²) in [6.45, 7) is 1.07. The molecule has 1 aromatic carbocycles. The first-order chi connectivity index (χ1) is 7.93. The summed E-state index contributed by atoms with van der Waals surface area (Å²) in [7, 11) is 0. The first-order valence-corrected chi connectivity index (χ1v) is 6.31. The molecule has 17 heavy (non-hydrogen) atoms. The van der Waals surface area contributed by atoms with Gasteiger partial charge in [0, 0.05) is 11.1 Å². The summed E-state index contributed by atoms with van der Waals surface area (Å²) in [5, 5.41) is 3.52. The van der Waals surface area contributed by atoms with Crippen molar-refractivity contribution in [2.24, 2.45) is 0 Å². The minimum absolute atomic E-state index is 0.0738. The fourth-order valence-electron chi connectivity index (χ4n) is 1.24. The summed E-state index contributed by atoms with van der Waals surface area (Å²) >= 11 is 9.03. The van der Waals surface area contributed by atoms with Gasteiger partial charge >= 0.3 is 6.61 Å². The van der Waals surface area contributed by atoms with Gasteiger partial charge in [0.1, 0.15) is 0 Å². The van der Waals surface area contributed by atoms with Gasteiger partial charge in [0.05, 0.1) is 10.2 Å². The van der Waals surface area contributed by atoms with Crippen LogP contribution >= 0.6 is 27.5 Å². The highest BCUT2D eigenvalue weighted by Crippen LogP contribution is 2.38. The van der Waals surface area contributed by atoms with Crippen LogP contribution in [-0.4, -0.2) is 12.7 Å². The third-order valence-electron chi connectivity index (χ3n) is 2.23. The van der Waals surface area contributed by atoms with Crippen LogP contribution in [0, 0.1) is 0 Å². The van der Waals surface area contributed by atoms with Gasteiger partial charge in [-0.2, -0.15) is 8.78 Å². The molecule has 0 fully saturated rings. The Labute approximate surface area is 112 Å². The van der Waals surface area contributed by atoms with E-state index in [0.29, 0.717) is 15.2 Å². The van der Waals surface area contributed by atoms with Gasteiger partial charge in [-0.15, -0.1) is 0 Å². The number of halogens is 4. The maximum Gasteiger partial charge on any atom is 0.387 e. The molecule has 0 aliphatic rings. The van der Waals surface area contributed by atoms with Crippen LogP contribution in [0.5, 0.6) is 5.75 Å². The smallest absolute Gasteiger partial charge is 0.387 e. The van der Waals surface area contributed by atoms with E-state index >= 15 is 0 Å². The summed E-state index contributed by atoms with van der Waals surface area (Å²) in [5.41, 5.74) is 0.457. The van der Waals surface area contributed by atoms with Gasteiger partial charge in [0.2, 0.25) is 0 Å². The van der Waals surface area contributed by atoms with E-state index in [-0.39, 0.29) is 11.8 Å². The molecule has 0 saturated carbocycles. The minimum Gasteiger partial charge on any atom is -0.431 e. The summed E-state index contributed by atoms with van der Waals surface area (Å²) in [6.07, 6.45) is 0.859. The highest BCUT2D eigenvalue weighted by Gasteiger charge is 2.15. The van der Waals surface area contributed by atoms with Gasteiger partial charge in [0.25, 0.3) is 0 Å². The second-order valence-electron chi connectivity index (χ2n) is 3.60. The van der Waals surface area contributed by atoms with Crippen molar-refractivity contribution in [3.63, 3.8) is 0 Å². The number of benzene rings is 1. The van der Waals surface area contributed by atoms with E-state index in [0.717, 1.165) is 6.42 Å². The normalized spacial score (nSPS) is 12.6. The lowest BCUT2D eigenvalue weighted by molar-refractivity contribution is -0.0498. The quantitative estimate of drug-likeness (QED) is 0.829. The number of hydrogen-bond acceptors (Lipinski definition) is 2. The predicted octanol–water partition coefficient (Wildman–Crippen LogP) is 4.91. The first kappa shape index (κ1) is 14.5. The Kier molecular flexibility index (Phi) is 5.46. The van der Waals surface area contributed by atoms with Crippen molar-refractivity contribution >= 4 is 33.2 Å². The Morgan fingerprint density at radius 3 is 2.65 bits per heavy atom. The number of anilines is 1. The molecule has 0 aromatic heterocycles. The Balaban J connectivity index is 3.06. The number of alkyl halides is 2. The summed E-state index contributed by atoms with van der Waals surface area (Å²) in [5.74, 6) is 0.0738. The van der Waals surface area contributed by atoms with Crippen LogP contribution in [0.25, 0.3) is 0 Å². The van der Waals surface area contributed by atoms with Crippen molar-refractivity contribution in [2.45, 2.75) is 32.9 Å². The van der Waals surface area contributed by atoms with Gasteiger partial charge in [-0.05, 0) is 41.4 Å². The molecule has 96 valence electrons. The SMILES string of the molecule is CCC(C)Nc1cc(Cl)cc(Br)c1OC(F)F. The largest absolute Gasteiger partial charge is 0.431 e. The molecule has 0 heterocycles. The van der Waals surface area contributed by atoms with Crippen LogP contribution in [0.1, 0.15) is 20.3 Å². The van der Waals surface area contributed by atoms with Crippen molar-refractivity contribution < 1.29 is 13.5 Å². The molecule has 0 saturated heterocycles. The lowest BCUT2D eigenvalue weighted by Gasteiger charge is -2.18. The maximum absolute atomic E-state index is 12.3. The topological polar surface area (TPSA) is 21.3 Å². The Hall–Kier alpha value is -0.550. The van der Waals surface area contributed by atoms with E-state index in [9.17, 15) is 8.78 Å². The number of rotatable bonds is 5. The highest BCUT2D eigenvalue weighted by atomic mass is 79.9. The zero-order valence-electron chi connectivity index (χ0n) is 9.44. The van der Waals surface area contributed by atoms with E-state index in [1.54, 1.807) is 6.07 Å². The lowest BCUT2D eigenvalue weighted by atomic mass is 10.2. The predicted molar refractivity (Wildman–Crippen MR) is 69.2 cm³/mol. The van der Waals surface area contributed by atoms with Crippen molar-refractivity contribution in [3.8, 4) is 5.75 Å². The number of nitrogens with one attached hydrogen (secondary N) is 1. The molecule has 1 unspecified atom stereocenters. The molecule has 0 aliphatic carbocycles. The Morgan fingerprint density at radius 2 is 2.12 bits per heavy atom. The van der Waals surface area contributed by atoms with Crippen molar-refractivity contribution in [1.82, 2.24) is 0 Å². The monoisotopic (exact) mass is 327 g/mol. The molecule has 1 rings (SSSR count). The van der Waals surface area contributed by atoms with E-state index < -0.39 is 6.61 Å². The molecule has 0 radical (unpaired) electrons. The van der Waals surface area contributed by atoms with Crippen LogP contribution in [0.2, 0.25) is 5.02 Å². The van der Waals surface area contributed by atoms with Crippen LogP contribution < -0.4 is 10.1 Å². The molecule has 0 aliphatic heterocycles. The Bertz CT molecular complexity index is 390. The first-order valence-electron chi connectivity index (χ1n) is 5.14. The lowest BCUT2D eigenvalue weighted by Crippen LogP contribution is -2.15.